The Bertz CT molecular complexity index is 1090. The highest BCUT2D eigenvalue weighted by molar-refractivity contribution is 9.10. The fraction of sp³-hybridized carbons (Fsp3) is 0. The van der Waals surface area contributed by atoms with Gasteiger partial charge in [0.1, 0.15) is 5.82 Å². The van der Waals surface area contributed by atoms with E-state index in [4.69, 9.17) is 0 Å². The fourth-order valence-electron chi connectivity index (χ4n) is 2.18. The Morgan fingerprint density at radius 3 is 2.72 bits per heavy atom. The molecule has 0 radical (unpaired) electrons. The van der Waals surface area contributed by atoms with Gasteiger partial charge < -0.3 is 0 Å². The Labute approximate surface area is 156 Å². The molecule has 0 unspecified atom stereocenters. The van der Waals surface area contributed by atoms with Crippen molar-refractivity contribution in [2.45, 2.75) is 0 Å². The van der Waals surface area contributed by atoms with Crippen LogP contribution in [-0.2, 0) is 10.0 Å². The average molecular weight is 440 g/mol. The number of fused-ring (bicyclic) bond motifs is 1. The number of thiophene rings is 1. The van der Waals surface area contributed by atoms with Gasteiger partial charge in [-0.2, -0.15) is 0 Å². The summed E-state index contributed by atoms with van der Waals surface area (Å²) < 4.78 is 40.5. The van der Waals surface area contributed by atoms with E-state index in [1.54, 1.807) is 0 Å². The highest BCUT2D eigenvalue weighted by Gasteiger charge is 2.16. The van der Waals surface area contributed by atoms with E-state index < -0.39 is 21.7 Å². The molecule has 0 aliphatic carbocycles. The third kappa shape index (κ3) is 4.15. The molecule has 0 aliphatic heterocycles. The van der Waals surface area contributed by atoms with Gasteiger partial charge in [-0.1, -0.05) is 18.2 Å². The minimum Gasteiger partial charge on any atom is -0.268 e. The van der Waals surface area contributed by atoms with Crippen molar-refractivity contribution in [3.8, 4) is 0 Å². The number of nitrogens with one attached hydrogen (secondary N) is 1. The summed E-state index contributed by atoms with van der Waals surface area (Å²) in [6, 6.07) is 11.0. The molecular formula is C17H11BrFNO3S2. The smallest absolute Gasteiger partial charge is 0.266 e. The molecule has 8 heteroatoms. The Morgan fingerprint density at radius 2 is 1.96 bits per heavy atom. The highest BCUT2D eigenvalue weighted by Crippen LogP contribution is 2.26. The maximum Gasteiger partial charge on any atom is 0.266 e. The van der Waals surface area contributed by atoms with Gasteiger partial charge in [0.05, 0.1) is 11.0 Å². The molecule has 0 aliphatic rings. The van der Waals surface area contributed by atoms with Crippen LogP contribution < -0.4 is 4.72 Å². The summed E-state index contributed by atoms with van der Waals surface area (Å²) in [5, 5.41) is 3.72. The summed E-state index contributed by atoms with van der Waals surface area (Å²) >= 11 is 4.54. The van der Waals surface area contributed by atoms with Crippen molar-refractivity contribution in [3.63, 3.8) is 0 Å². The maximum atomic E-state index is 13.1. The highest BCUT2D eigenvalue weighted by atomic mass is 79.9. The van der Waals surface area contributed by atoms with Gasteiger partial charge in [0, 0.05) is 9.17 Å². The Balaban J connectivity index is 1.81. The lowest BCUT2D eigenvalue weighted by Crippen LogP contribution is -2.29. The summed E-state index contributed by atoms with van der Waals surface area (Å²) in [5.41, 5.74) is 0.778. The summed E-state index contributed by atoms with van der Waals surface area (Å²) in [7, 11) is -3.99. The minimum atomic E-state index is -3.99. The van der Waals surface area contributed by atoms with Gasteiger partial charge in [-0.15, -0.1) is 11.3 Å². The summed E-state index contributed by atoms with van der Waals surface area (Å²) in [4.78, 5) is 12.1. The Kier molecular flexibility index (Phi) is 5.03. The van der Waals surface area contributed by atoms with Crippen LogP contribution in [0, 0.1) is 5.82 Å². The van der Waals surface area contributed by atoms with Crippen LogP contribution in [0.4, 0.5) is 4.39 Å². The average Bonchev–Trinajstić information content (AvgIpc) is 2.95. The molecule has 25 heavy (non-hydrogen) atoms. The SMILES string of the molecule is O=C(NS(=O)(=O)C=Cc1csc2ccccc12)c1ccc(F)cc1Br. The van der Waals surface area contributed by atoms with Crippen molar-refractivity contribution < 1.29 is 17.6 Å². The molecule has 0 fully saturated rings. The van der Waals surface area contributed by atoms with Gasteiger partial charge >= 0.3 is 0 Å². The van der Waals surface area contributed by atoms with E-state index in [1.165, 1.54) is 23.5 Å². The third-order valence-electron chi connectivity index (χ3n) is 3.35. The molecule has 128 valence electrons. The third-order valence-corrected chi connectivity index (χ3v) is 5.95. The molecular weight excluding hydrogens is 429 g/mol. The second kappa shape index (κ2) is 7.07. The molecule has 1 heterocycles. The van der Waals surface area contributed by atoms with Crippen LogP contribution in [-0.4, -0.2) is 14.3 Å². The lowest BCUT2D eigenvalue weighted by atomic mass is 10.2. The van der Waals surface area contributed by atoms with E-state index >= 15 is 0 Å². The van der Waals surface area contributed by atoms with Gasteiger partial charge in [0.15, 0.2) is 0 Å². The van der Waals surface area contributed by atoms with Gasteiger partial charge in [0.2, 0.25) is 0 Å². The standard InChI is InChI=1S/C17H11BrFNO3S2/c18-15-9-12(19)5-6-14(15)17(21)20-25(22,23)8-7-11-10-24-16-4-2-1-3-13(11)16/h1-10H,(H,20,21). The number of rotatable bonds is 4. The molecule has 0 atom stereocenters. The summed E-state index contributed by atoms with van der Waals surface area (Å²) in [6.45, 7) is 0. The second-order valence-electron chi connectivity index (χ2n) is 5.09. The van der Waals surface area contributed by atoms with E-state index in [-0.39, 0.29) is 10.0 Å². The quantitative estimate of drug-likeness (QED) is 0.649. The molecule has 4 nitrogen and oxygen atoms in total. The van der Waals surface area contributed by atoms with Crippen LogP contribution in [0.2, 0.25) is 0 Å². The predicted octanol–water partition coefficient (Wildman–Crippen LogP) is 4.53. The van der Waals surface area contributed by atoms with E-state index in [1.807, 2.05) is 34.4 Å². The maximum absolute atomic E-state index is 13.1. The number of carbonyl (C=O) groups is 1. The van der Waals surface area contributed by atoms with E-state index in [0.29, 0.717) is 0 Å². The van der Waals surface area contributed by atoms with Crippen LogP contribution in [0.25, 0.3) is 16.2 Å². The fourth-order valence-corrected chi connectivity index (χ4v) is 4.40. The zero-order valence-corrected chi connectivity index (χ0v) is 15.8. The van der Waals surface area contributed by atoms with Crippen molar-refractivity contribution >= 4 is 59.4 Å². The second-order valence-corrected chi connectivity index (χ2v) is 8.42. The molecule has 1 N–H and O–H groups in total. The Morgan fingerprint density at radius 1 is 1.20 bits per heavy atom. The lowest BCUT2D eigenvalue weighted by Gasteiger charge is -2.05. The normalized spacial score (nSPS) is 11.9. The van der Waals surface area contributed by atoms with Gasteiger partial charge in [-0.3, -0.25) is 4.79 Å². The van der Waals surface area contributed by atoms with Crippen molar-refractivity contribution in [2.75, 3.05) is 0 Å². The molecule has 1 amide bonds. The zero-order valence-electron chi connectivity index (χ0n) is 12.6. The van der Waals surface area contributed by atoms with Crippen molar-refractivity contribution in [2.24, 2.45) is 0 Å². The van der Waals surface area contributed by atoms with Crippen molar-refractivity contribution in [1.82, 2.24) is 4.72 Å². The molecule has 2 aromatic carbocycles. The number of sulfonamides is 1. The van der Waals surface area contributed by atoms with Gasteiger partial charge in [-0.05, 0) is 62.6 Å². The van der Waals surface area contributed by atoms with Gasteiger partial charge in [0.25, 0.3) is 15.9 Å². The zero-order chi connectivity index (χ0) is 18.0. The molecule has 3 rings (SSSR count). The molecule has 0 saturated heterocycles. The molecule has 0 bridgehead atoms. The molecule has 1 aromatic heterocycles. The molecule has 0 saturated carbocycles. The van der Waals surface area contributed by atoms with E-state index in [9.17, 15) is 17.6 Å². The largest absolute Gasteiger partial charge is 0.268 e. The van der Waals surface area contributed by atoms with Crippen LogP contribution in [0.5, 0.6) is 0 Å². The van der Waals surface area contributed by atoms with Crippen LogP contribution in [0.15, 0.2) is 57.7 Å². The first-order valence-corrected chi connectivity index (χ1v) is 10.2. The summed E-state index contributed by atoms with van der Waals surface area (Å²) in [6.07, 6.45) is 1.44. The van der Waals surface area contributed by atoms with Crippen molar-refractivity contribution in [1.29, 1.82) is 0 Å². The van der Waals surface area contributed by atoms with E-state index in [0.717, 1.165) is 33.2 Å². The van der Waals surface area contributed by atoms with Crippen LogP contribution >= 0.6 is 27.3 Å². The van der Waals surface area contributed by atoms with Crippen molar-refractivity contribution in [3.05, 3.63) is 74.7 Å². The number of amides is 1. The van der Waals surface area contributed by atoms with E-state index in [2.05, 4.69) is 15.9 Å². The van der Waals surface area contributed by atoms with Crippen LogP contribution in [0.3, 0.4) is 0 Å². The summed E-state index contributed by atoms with van der Waals surface area (Å²) in [5.74, 6) is -1.37. The number of hydrogen-bond acceptors (Lipinski definition) is 4. The first-order valence-electron chi connectivity index (χ1n) is 7.02. The monoisotopic (exact) mass is 439 g/mol. The first-order chi connectivity index (χ1) is 11.9. The lowest BCUT2D eigenvalue weighted by molar-refractivity contribution is 0.0981. The number of hydrogen-bond donors (Lipinski definition) is 1. The van der Waals surface area contributed by atoms with Gasteiger partial charge in [-0.25, -0.2) is 17.5 Å². The predicted molar refractivity (Wildman–Crippen MR) is 101 cm³/mol. The topological polar surface area (TPSA) is 63.2 Å². The number of carbonyl (C=O) groups excluding carboxylic acids is 1. The number of benzene rings is 2. The number of halogens is 2. The molecule has 0 spiro atoms. The molecule has 3 aromatic rings. The first kappa shape index (κ1) is 17.8. The van der Waals surface area contributed by atoms with Crippen LogP contribution in [0.1, 0.15) is 15.9 Å². The Hall–Kier alpha value is -2.03. The minimum absolute atomic E-state index is 0.0272.